The number of amides is 2. The van der Waals surface area contributed by atoms with Crippen LogP contribution in [0.3, 0.4) is 0 Å². The van der Waals surface area contributed by atoms with Crippen molar-refractivity contribution in [1.82, 2.24) is 39.8 Å². The zero-order chi connectivity index (χ0) is 29.7. The first-order valence-electron chi connectivity index (χ1n) is 12.0. The van der Waals surface area contributed by atoms with Crippen molar-refractivity contribution in [3.63, 3.8) is 0 Å². The van der Waals surface area contributed by atoms with Gasteiger partial charge in [-0.3, -0.25) is 9.59 Å². The molecule has 2 amide bonds. The maximum absolute atomic E-state index is 12.7. The molecule has 0 aromatic carbocycles. The molecule has 0 unspecified atom stereocenters. The molecule has 2 rings (SSSR count). The fourth-order valence-electron chi connectivity index (χ4n) is 3.22. The van der Waals surface area contributed by atoms with E-state index in [1.807, 2.05) is 0 Å². The van der Waals surface area contributed by atoms with Crippen LogP contribution in [0.1, 0.15) is 21.0 Å². The standard InChI is InChI=1S/C18H26N20O3/c19-29-23-1-5-35(6-2-24-30-20)17(39)15-13-37(33-27-15)9-11-41-12-10-38-14-16(28-34-38)18(40)36(7-3-25-31-21)8-4-26-32-22/h13-14H,1-12H2. The van der Waals surface area contributed by atoms with Crippen molar-refractivity contribution in [2.24, 2.45) is 20.5 Å². The van der Waals surface area contributed by atoms with Crippen molar-refractivity contribution in [2.45, 2.75) is 13.1 Å². The van der Waals surface area contributed by atoms with Gasteiger partial charge in [-0.25, -0.2) is 9.36 Å². The molecule has 0 radical (unpaired) electrons. The van der Waals surface area contributed by atoms with Crippen molar-refractivity contribution in [1.29, 1.82) is 0 Å². The fourth-order valence-corrected chi connectivity index (χ4v) is 3.22. The molecule has 0 bridgehead atoms. The van der Waals surface area contributed by atoms with Crippen LogP contribution in [-0.4, -0.2) is 117 Å². The van der Waals surface area contributed by atoms with Crippen LogP contribution in [0.15, 0.2) is 32.9 Å². The molecular weight excluding hydrogens is 544 g/mol. The summed E-state index contributed by atoms with van der Waals surface area (Å²) >= 11 is 0. The van der Waals surface area contributed by atoms with Crippen LogP contribution in [0.4, 0.5) is 0 Å². The van der Waals surface area contributed by atoms with Crippen LogP contribution in [0.25, 0.3) is 41.8 Å². The second-order valence-corrected chi connectivity index (χ2v) is 7.75. The summed E-state index contributed by atoms with van der Waals surface area (Å²) in [4.78, 5) is 38.8. The van der Waals surface area contributed by atoms with Crippen LogP contribution in [-0.2, 0) is 17.8 Å². The smallest absolute Gasteiger partial charge is 0.276 e. The third-order valence-corrected chi connectivity index (χ3v) is 5.15. The highest BCUT2D eigenvalue weighted by atomic mass is 16.5. The molecule has 2 aromatic rings. The number of rotatable bonds is 20. The van der Waals surface area contributed by atoms with Gasteiger partial charge in [0, 0.05) is 72.0 Å². The maximum Gasteiger partial charge on any atom is 0.276 e. The third-order valence-electron chi connectivity index (χ3n) is 5.15. The van der Waals surface area contributed by atoms with Gasteiger partial charge < -0.3 is 14.5 Å². The van der Waals surface area contributed by atoms with Gasteiger partial charge in [-0.05, 0) is 22.1 Å². The summed E-state index contributed by atoms with van der Waals surface area (Å²) in [5.41, 5.74) is 33.9. The van der Waals surface area contributed by atoms with E-state index in [2.05, 4.69) is 60.7 Å². The van der Waals surface area contributed by atoms with Crippen LogP contribution in [0.5, 0.6) is 0 Å². The minimum absolute atomic E-state index is 0.0506. The molecule has 2 heterocycles. The molecule has 41 heavy (non-hydrogen) atoms. The summed E-state index contributed by atoms with van der Waals surface area (Å²) in [6.07, 6.45) is 2.90. The summed E-state index contributed by atoms with van der Waals surface area (Å²) in [5.74, 6) is -0.909. The Labute approximate surface area is 231 Å². The van der Waals surface area contributed by atoms with Crippen molar-refractivity contribution in [3.8, 4) is 0 Å². The number of ether oxygens (including phenoxy) is 1. The van der Waals surface area contributed by atoms with Crippen LogP contribution >= 0.6 is 0 Å². The van der Waals surface area contributed by atoms with Crippen LogP contribution < -0.4 is 0 Å². The van der Waals surface area contributed by atoms with Gasteiger partial charge in [0.05, 0.1) is 38.7 Å². The number of nitrogens with zero attached hydrogens (tertiary/aromatic N) is 20. The van der Waals surface area contributed by atoms with Crippen LogP contribution in [0.2, 0.25) is 0 Å². The number of aromatic nitrogens is 6. The number of carbonyl (C=O) groups excluding carboxylic acids is 2. The molecule has 0 saturated heterocycles. The molecule has 0 fully saturated rings. The monoisotopic (exact) mass is 570 g/mol. The molecule has 0 N–H and O–H groups in total. The molecule has 216 valence electrons. The van der Waals surface area contributed by atoms with Gasteiger partial charge in [0.2, 0.25) is 0 Å². The van der Waals surface area contributed by atoms with E-state index in [-0.39, 0.29) is 77.0 Å². The van der Waals surface area contributed by atoms with Crippen LogP contribution in [0, 0.1) is 0 Å². The third kappa shape index (κ3) is 11.4. The normalized spacial score (nSPS) is 9.95. The minimum Gasteiger partial charge on any atom is -0.378 e. The lowest BCUT2D eigenvalue weighted by Crippen LogP contribution is -2.35. The molecule has 23 heteroatoms. The molecule has 23 nitrogen and oxygen atoms in total. The number of hydrogen-bond acceptors (Lipinski definition) is 11. The van der Waals surface area contributed by atoms with Gasteiger partial charge in [-0.2, -0.15) is 0 Å². The van der Waals surface area contributed by atoms with E-state index in [4.69, 9.17) is 26.9 Å². The molecule has 0 aliphatic heterocycles. The predicted octanol–water partition coefficient (Wildman–Crippen LogP) is 1.71. The van der Waals surface area contributed by atoms with Crippen molar-refractivity contribution < 1.29 is 14.3 Å². The van der Waals surface area contributed by atoms with Crippen molar-refractivity contribution in [2.75, 3.05) is 65.6 Å². The highest BCUT2D eigenvalue weighted by molar-refractivity contribution is 5.92. The first-order chi connectivity index (χ1) is 20.0. The molecule has 2 aromatic heterocycles. The molecule has 0 aliphatic carbocycles. The molecule has 0 aliphatic rings. The summed E-state index contributed by atoms with van der Waals surface area (Å²) in [6, 6.07) is 0. The maximum atomic E-state index is 12.7. The van der Waals surface area contributed by atoms with Crippen molar-refractivity contribution >= 4 is 11.8 Å². The van der Waals surface area contributed by atoms with E-state index in [9.17, 15) is 9.59 Å². The van der Waals surface area contributed by atoms with E-state index in [0.29, 0.717) is 13.1 Å². The summed E-state index contributed by atoms with van der Waals surface area (Å²) in [6.45, 7) is 1.77. The Balaban J connectivity index is 1.82. The number of hydrogen-bond donors (Lipinski definition) is 0. The van der Waals surface area contributed by atoms with Gasteiger partial charge in [-0.15, -0.1) is 10.2 Å². The zero-order valence-electron chi connectivity index (χ0n) is 21.8. The van der Waals surface area contributed by atoms with E-state index in [0.717, 1.165) is 0 Å². The highest BCUT2D eigenvalue weighted by Gasteiger charge is 2.19. The lowest BCUT2D eigenvalue weighted by atomic mass is 10.3. The van der Waals surface area contributed by atoms with Gasteiger partial charge in [0.25, 0.3) is 11.8 Å². The lowest BCUT2D eigenvalue weighted by molar-refractivity contribution is 0.0752. The average Bonchev–Trinajstić information content (AvgIpc) is 3.65. The van der Waals surface area contributed by atoms with Gasteiger partial charge in [-0.1, -0.05) is 30.9 Å². The van der Waals surface area contributed by atoms with Gasteiger partial charge >= 0.3 is 0 Å². The van der Waals surface area contributed by atoms with E-state index >= 15 is 0 Å². The average molecular weight is 571 g/mol. The Hall–Kier alpha value is -5.58. The first-order valence-corrected chi connectivity index (χ1v) is 12.0. The quantitative estimate of drug-likeness (QED) is 0.0980. The van der Waals surface area contributed by atoms with E-state index < -0.39 is 11.8 Å². The van der Waals surface area contributed by atoms with E-state index in [1.165, 1.54) is 31.6 Å². The van der Waals surface area contributed by atoms with Crippen molar-refractivity contribution in [3.05, 3.63) is 65.6 Å². The lowest BCUT2D eigenvalue weighted by Gasteiger charge is -2.19. The Morgan fingerprint density at radius 2 is 1.02 bits per heavy atom. The first kappa shape index (κ1) is 31.6. The Morgan fingerprint density at radius 1 is 0.683 bits per heavy atom. The minimum atomic E-state index is -0.455. The topological polar surface area (TPSA) is 306 Å². The molecule has 0 saturated carbocycles. The Morgan fingerprint density at radius 3 is 1.34 bits per heavy atom. The second-order valence-electron chi connectivity index (χ2n) is 7.75. The Kier molecular flexibility index (Phi) is 14.4. The Bertz CT molecular complexity index is 1180. The number of azide groups is 4. The summed E-state index contributed by atoms with van der Waals surface area (Å²) < 4.78 is 8.44. The van der Waals surface area contributed by atoms with Gasteiger partial charge in [0.1, 0.15) is 0 Å². The largest absolute Gasteiger partial charge is 0.378 e. The molecular formula is C18H26N20O3. The fraction of sp³-hybridized carbons (Fsp3) is 0.667. The molecule has 0 atom stereocenters. The zero-order valence-corrected chi connectivity index (χ0v) is 21.8. The van der Waals surface area contributed by atoms with E-state index in [1.54, 1.807) is 0 Å². The number of carbonyl (C=O) groups is 2. The SMILES string of the molecule is [N-]=[N+]=NCCN(CCN=[N+]=[N-])C(=O)c1cn(CCOCCn2cc(C(=O)N(CCN=[N+]=[N-])CCN=[N+]=[N-])nn2)nn1. The van der Waals surface area contributed by atoms with Gasteiger partial charge in [0.15, 0.2) is 11.4 Å². The predicted molar refractivity (Wildman–Crippen MR) is 139 cm³/mol. The second kappa shape index (κ2) is 18.6. The highest BCUT2D eigenvalue weighted by Crippen LogP contribution is 2.04. The summed E-state index contributed by atoms with van der Waals surface area (Å²) in [5, 5.41) is 29.2. The summed E-state index contributed by atoms with van der Waals surface area (Å²) in [7, 11) is 0. The molecule has 0 spiro atoms.